The van der Waals surface area contributed by atoms with Gasteiger partial charge in [-0.2, -0.15) is 0 Å². The number of fused-ring (bicyclic) bond motifs is 1. The van der Waals surface area contributed by atoms with Gasteiger partial charge in [-0.1, -0.05) is 12.1 Å². The zero-order valence-corrected chi connectivity index (χ0v) is 12.2. The summed E-state index contributed by atoms with van der Waals surface area (Å²) < 4.78 is 4.84. The fraction of sp³-hybridized carbons (Fsp3) is 0.467. The van der Waals surface area contributed by atoms with E-state index in [1.54, 1.807) is 13.2 Å². The van der Waals surface area contributed by atoms with Gasteiger partial charge in [-0.3, -0.25) is 9.59 Å². The summed E-state index contributed by atoms with van der Waals surface area (Å²) in [7, 11) is 1.57. The van der Waals surface area contributed by atoms with Crippen molar-refractivity contribution in [3.63, 3.8) is 0 Å². The maximum absolute atomic E-state index is 12.2. The van der Waals surface area contributed by atoms with Crippen LogP contribution in [0.2, 0.25) is 0 Å². The molecular formula is C15H21N3O3. The maximum atomic E-state index is 12.2. The van der Waals surface area contributed by atoms with Crippen LogP contribution in [0.15, 0.2) is 18.2 Å². The summed E-state index contributed by atoms with van der Waals surface area (Å²) in [5.74, 6) is -0.457. The number of carbonyl (C=O) groups is 2. The van der Waals surface area contributed by atoms with Gasteiger partial charge < -0.3 is 20.7 Å². The molecule has 1 aliphatic rings. The highest BCUT2D eigenvalue weighted by molar-refractivity contribution is 6.01. The fourth-order valence-electron chi connectivity index (χ4n) is 2.31. The van der Waals surface area contributed by atoms with Crippen LogP contribution in [0.4, 0.5) is 5.69 Å². The molecule has 6 heteroatoms. The summed E-state index contributed by atoms with van der Waals surface area (Å²) in [5.41, 5.74) is 2.64. The lowest BCUT2D eigenvalue weighted by Gasteiger charge is -2.20. The van der Waals surface area contributed by atoms with E-state index in [0.29, 0.717) is 18.7 Å². The summed E-state index contributed by atoms with van der Waals surface area (Å²) in [6.07, 6.45) is 2.04. The Morgan fingerprint density at radius 1 is 1.33 bits per heavy atom. The zero-order chi connectivity index (χ0) is 15.1. The number of ether oxygens (including phenoxy) is 1. The van der Waals surface area contributed by atoms with Gasteiger partial charge in [0, 0.05) is 20.2 Å². The average Bonchev–Trinajstić information content (AvgIpc) is 2.52. The quantitative estimate of drug-likeness (QED) is 0.668. The second-order valence-electron chi connectivity index (χ2n) is 4.90. The minimum atomic E-state index is -0.233. The van der Waals surface area contributed by atoms with Crippen molar-refractivity contribution in [3.05, 3.63) is 29.3 Å². The van der Waals surface area contributed by atoms with Crippen LogP contribution in [-0.2, 0) is 16.0 Å². The van der Waals surface area contributed by atoms with Crippen LogP contribution in [0, 0.1) is 0 Å². The summed E-state index contributed by atoms with van der Waals surface area (Å²) >= 11 is 0. The van der Waals surface area contributed by atoms with Crippen molar-refractivity contribution in [2.24, 2.45) is 0 Å². The summed E-state index contributed by atoms with van der Waals surface area (Å²) in [6.45, 7) is 1.73. The second kappa shape index (κ2) is 7.64. The molecule has 1 aliphatic heterocycles. The predicted molar refractivity (Wildman–Crippen MR) is 80.5 cm³/mol. The van der Waals surface area contributed by atoms with E-state index in [0.717, 1.165) is 30.6 Å². The summed E-state index contributed by atoms with van der Waals surface area (Å²) in [6, 6.07) is 5.67. The van der Waals surface area contributed by atoms with Gasteiger partial charge in [0.1, 0.15) is 0 Å². The molecule has 0 bridgehead atoms. The third kappa shape index (κ3) is 4.19. The van der Waals surface area contributed by atoms with Gasteiger partial charge in [0.2, 0.25) is 5.91 Å². The molecule has 0 fully saturated rings. The second-order valence-corrected chi connectivity index (χ2v) is 4.90. The number of hydrogen-bond donors (Lipinski definition) is 3. The molecule has 6 nitrogen and oxygen atoms in total. The first kappa shape index (κ1) is 15.3. The first-order valence-electron chi connectivity index (χ1n) is 7.12. The molecule has 0 saturated heterocycles. The Bertz CT molecular complexity index is 517. The molecule has 2 amide bonds. The molecule has 0 atom stereocenters. The number of benzene rings is 1. The highest BCUT2D eigenvalue weighted by atomic mass is 16.5. The van der Waals surface area contributed by atoms with Gasteiger partial charge in [-0.15, -0.1) is 0 Å². The SMILES string of the molecule is COCCNC(=O)CNC(=O)c1cccc2c1NCCC2. The topological polar surface area (TPSA) is 79.5 Å². The number of rotatable bonds is 6. The molecule has 0 unspecified atom stereocenters. The van der Waals surface area contributed by atoms with E-state index in [9.17, 15) is 9.59 Å². The third-order valence-electron chi connectivity index (χ3n) is 3.36. The van der Waals surface area contributed by atoms with Gasteiger partial charge in [0.05, 0.1) is 24.4 Å². The van der Waals surface area contributed by atoms with E-state index < -0.39 is 0 Å². The maximum Gasteiger partial charge on any atom is 0.253 e. The number of carbonyl (C=O) groups excluding carboxylic acids is 2. The van der Waals surface area contributed by atoms with Gasteiger partial charge in [0.15, 0.2) is 0 Å². The van der Waals surface area contributed by atoms with E-state index in [4.69, 9.17) is 4.74 Å². The fourth-order valence-corrected chi connectivity index (χ4v) is 2.31. The highest BCUT2D eigenvalue weighted by Crippen LogP contribution is 2.25. The molecule has 21 heavy (non-hydrogen) atoms. The Labute approximate surface area is 124 Å². The van der Waals surface area contributed by atoms with E-state index >= 15 is 0 Å². The molecule has 2 rings (SSSR count). The van der Waals surface area contributed by atoms with Gasteiger partial charge in [-0.25, -0.2) is 0 Å². The number of para-hydroxylation sites is 1. The highest BCUT2D eigenvalue weighted by Gasteiger charge is 2.17. The number of methoxy groups -OCH3 is 1. The summed E-state index contributed by atoms with van der Waals surface area (Å²) in [5, 5.41) is 8.57. The van der Waals surface area contributed by atoms with Crippen molar-refractivity contribution in [1.29, 1.82) is 0 Å². The molecule has 0 aliphatic carbocycles. The van der Waals surface area contributed by atoms with Crippen molar-refractivity contribution in [3.8, 4) is 0 Å². The molecule has 1 aromatic carbocycles. The van der Waals surface area contributed by atoms with Gasteiger partial charge in [-0.05, 0) is 24.5 Å². The Hall–Kier alpha value is -2.08. The number of amides is 2. The van der Waals surface area contributed by atoms with Crippen LogP contribution in [0.5, 0.6) is 0 Å². The van der Waals surface area contributed by atoms with Gasteiger partial charge in [0.25, 0.3) is 5.91 Å². The Morgan fingerprint density at radius 2 is 2.19 bits per heavy atom. The standard InChI is InChI=1S/C15H21N3O3/c1-21-9-8-16-13(19)10-18-15(20)12-6-2-4-11-5-3-7-17-14(11)12/h2,4,6,17H,3,5,7-10H2,1H3,(H,16,19)(H,18,20). The van der Waals surface area contributed by atoms with Crippen LogP contribution in [0.25, 0.3) is 0 Å². The van der Waals surface area contributed by atoms with Crippen LogP contribution < -0.4 is 16.0 Å². The van der Waals surface area contributed by atoms with E-state index in [1.165, 1.54) is 0 Å². The van der Waals surface area contributed by atoms with Crippen molar-refractivity contribution in [2.75, 3.05) is 38.7 Å². The van der Waals surface area contributed by atoms with Crippen LogP contribution in [-0.4, -0.2) is 45.2 Å². The van der Waals surface area contributed by atoms with E-state index in [-0.39, 0.29) is 18.4 Å². The number of aryl methyl sites for hydroxylation is 1. The Balaban J connectivity index is 1.90. The van der Waals surface area contributed by atoms with E-state index in [2.05, 4.69) is 16.0 Å². The molecule has 0 saturated carbocycles. The van der Waals surface area contributed by atoms with Crippen LogP contribution in [0.3, 0.4) is 0 Å². The molecule has 1 heterocycles. The molecule has 114 valence electrons. The first-order valence-corrected chi connectivity index (χ1v) is 7.12. The van der Waals surface area contributed by atoms with Crippen LogP contribution >= 0.6 is 0 Å². The van der Waals surface area contributed by atoms with Gasteiger partial charge >= 0.3 is 0 Å². The average molecular weight is 291 g/mol. The third-order valence-corrected chi connectivity index (χ3v) is 3.36. The molecule has 0 radical (unpaired) electrons. The monoisotopic (exact) mass is 291 g/mol. The number of hydrogen-bond acceptors (Lipinski definition) is 4. The van der Waals surface area contributed by atoms with Crippen molar-refractivity contribution in [2.45, 2.75) is 12.8 Å². The number of anilines is 1. The van der Waals surface area contributed by atoms with Crippen molar-refractivity contribution >= 4 is 17.5 Å². The van der Waals surface area contributed by atoms with E-state index in [1.807, 2.05) is 12.1 Å². The lowest BCUT2D eigenvalue weighted by molar-refractivity contribution is -0.120. The lowest BCUT2D eigenvalue weighted by atomic mass is 9.99. The predicted octanol–water partition coefficient (Wildman–Crippen LogP) is 0.537. The minimum absolute atomic E-state index is 0.0355. The van der Waals surface area contributed by atoms with Crippen molar-refractivity contribution < 1.29 is 14.3 Å². The minimum Gasteiger partial charge on any atom is -0.384 e. The molecular weight excluding hydrogens is 270 g/mol. The Morgan fingerprint density at radius 3 is 3.00 bits per heavy atom. The first-order chi connectivity index (χ1) is 10.2. The summed E-state index contributed by atoms with van der Waals surface area (Å²) in [4.78, 5) is 23.7. The molecule has 0 aromatic heterocycles. The van der Waals surface area contributed by atoms with Crippen molar-refractivity contribution in [1.82, 2.24) is 10.6 Å². The lowest BCUT2D eigenvalue weighted by Crippen LogP contribution is -2.38. The van der Waals surface area contributed by atoms with Crippen LogP contribution in [0.1, 0.15) is 22.3 Å². The zero-order valence-electron chi connectivity index (χ0n) is 12.2. The number of nitrogens with one attached hydrogen (secondary N) is 3. The Kier molecular flexibility index (Phi) is 5.57. The molecule has 3 N–H and O–H groups in total. The molecule has 1 aromatic rings. The smallest absolute Gasteiger partial charge is 0.253 e. The normalized spacial score (nSPS) is 13.0. The molecule has 0 spiro atoms. The largest absolute Gasteiger partial charge is 0.384 e.